The molecule has 2 heterocycles. The maximum atomic E-state index is 14.5. The summed E-state index contributed by atoms with van der Waals surface area (Å²) in [4.78, 5) is 10.9. The summed E-state index contributed by atoms with van der Waals surface area (Å²) in [6.07, 6.45) is -2.55. The Morgan fingerprint density at radius 2 is 1.52 bits per heavy atom. The van der Waals surface area contributed by atoms with Crippen molar-refractivity contribution in [3.05, 3.63) is 47.9 Å². The van der Waals surface area contributed by atoms with Crippen LogP contribution in [0.2, 0.25) is 0 Å². The van der Waals surface area contributed by atoms with Gasteiger partial charge in [0, 0.05) is 24.5 Å². The van der Waals surface area contributed by atoms with Crippen molar-refractivity contribution in [3.8, 4) is 11.1 Å². The van der Waals surface area contributed by atoms with Crippen LogP contribution in [-0.2, 0) is 0 Å². The van der Waals surface area contributed by atoms with Gasteiger partial charge in [-0.05, 0) is 6.92 Å². The topological polar surface area (TPSA) is 50.7 Å². The quantitative estimate of drug-likeness (QED) is 0.524. The molecule has 2 aromatic heterocycles. The number of nitrogens with one attached hydrogen (secondary N) is 1. The van der Waals surface area contributed by atoms with E-state index in [1.807, 2.05) is 5.32 Å². The zero-order valence-corrected chi connectivity index (χ0v) is 13.4. The van der Waals surface area contributed by atoms with E-state index in [0.29, 0.717) is 0 Å². The Labute approximate surface area is 147 Å². The fraction of sp³-hybridized carbons (Fsp3) is 0.188. The number of pyridine rings is 1. The van der Waals surface area contributed by atoms with Crippen molar-refractivity contribution >= 4 is 16.9 Å². The molecule has 0 aliphatic heterocycles. The number of halogens is 7. The van der Waals surface area contributed by atoms with Gasteiger partial charge >= 0.3 is 6.18 Å². The Kier molecular flexibility index (Phi) is 4.62. The summed E-state index contributed by atoms with van der Waals surface area (Å²) in [6, 6.07) is -1.68. The van der Waals surface area contributed by atoms with Gasteiger partial charge in [-0.15, -0.1) is 0 Å². The van der Waals surface area contributed by atoms with E-state index in [9.17, 15) is 30.7 Å². The van der Waals surface area contributed by atoms with E-state index in [0.717, 1.165) is 19.3 Å². The normalized spacial score (nSPS) is 13.0. The molecule has 27 heavy (non-hydrogen) atoms. The van der Waals surface area contributed by atoms with Crippen molar-refractivity contribution in [2.75, 3.05) is 5.32 Å². The number of nitrogens with zero attached hydrogens (tertiary/aromatic N) is 3. The number of hydrogen-bond donors (Lipinski definition) is 1. The third-order valence-corrected chi connectivity index (χ3v) is 3.68. The van der Waals surface area contributed by atoms with E-state index >= 15 is 0 Å². The van der Waals surface area contributed by atoms with Crippen molar-refractivity contribution in [3.63, 3.8) is 0 Å². The number of anilines is 1. The van der Waals surface area contributed by atoms with Crippen LogP contribution < -0.4 is 5.32 Å². The summed E-state index contributed by atoms with van der Waals surface area (Å²) in [7, 11) is 0. The molecule has 0 spiro atoms. The smallest absolute Gasteiger partial charge is 0.372 e. The van der Waals surface area contributed by atoms with Crippen molar-refractivity contribution in [2.45, 2.75) is 19.1 Å². The van der Waals surface area contributed by atoms with Gasteiger partial charge in [0.2, 0.25) is 5.95 Å². The minimum atomic E-state index is -4.76. The van der Waals surface area contributed by atoms with Gasteiger partial charge in [-0.25, -0.2) is 23.1 Å². The number of fused-ring (bicyclic) bond motifs is 1. The summed E-state index contributed by atoms with van der Waals surface area (Å²) < 4.78 is 95.0. The minimum Gasteiger partial charge on any atom is -0.372 e. The third kappa shape index (κ3) is 3.49. The van der Waals surface area contributed by atoms with Gasteiger partial charge in [0.1, 0.15) is 29.0 Å². The predicted molar refractivity (Wildman–Crippen MR) is 81.7 cm³/mol. The van der Waals surface area contributed by atoms with Crippen molar-refractivity contribution in [2.24, 2.45) is 0 Å². The van der Waals surface area contributed by atoms with Gasteiger partial charge in [-0.3, -0.25) is 0 Å². The zero-order chi connectivity index (χ0) is 19.9. The summed E-state index contributed by atoms with van der Waals surface area (Å²) >= 11 is 0. The number of aromatic nitrogens is 3. The monoisotopic (exact) mass is 390 g/mol. The highest BCUT2D eigenvalue weighted by molar-refractivity contribution is 5.95. The molecule has 0 bridgehead atoms. The molecule has 0 fully saturated rings. The second kappa shape index (κ2) is 6.63. The highest BCUT2D eigenvalue weighted by atomic mass is 19.4. The maximum Gasteiger partial charge on any atom is 0.408 e. The van der Waals surface area contributed by atoms with E-state index in [1.165, 1.54) is 0 Å². The minimum absolute atomic E-state index is 0.274. The molecule has 11 heteroatoms. The SMILES string of the molecule is C[C@H](Nc1c(-c2c(F)cc(F)cc2F)c(F)nc2nccnc12)C(F)(F)F. The molecule has 4 nitrogen and oxygen atoms in total. The average Bonchev–Trinajstić information content (AvgIpc) is 2.55. The first-order chi connectivity index (χ1) is 12.6. The van der Waals surface area contributed by atoms with Crippen LogP contribution in [0.25, 0.3) is 22.3 Å². The number of benzene rings is 1. The fourth-order valence-electron chi connectivity index (χ4n) is 2.41. The van der Waals surface area contributed by atoms with E-state index in [1.54, 1.807) is 0 Å². The molecule has 0 radical (unpaired) electrons. The maximum absolute atomic E-state index is 14.5. The van der Waals surface area contributed by atoms with Gasteiger partial charge in [-0.1, -0.05) is 0 Å². The Bertz CT molecular complexity index is 997. The Morgan fingerprint density at radius 3 is 2.11 bits per heavy atom. The van der Waals surface area contributed by atoms with Crippen molar-refractivity contribution in [1.82, 2.24) is 15.0 Å². The average molecular weight is 390 g/mol. The Hall–Kier alpha value is -2.98. The molecule has 142 valence electrons. The summed E-state index contributed by atoms with van der Waals surface area (Å²) in [5, 5.41) is 1.97. The molecule has 1 aromatic carbocycles. The standard InChI is InChI=1S/C16H9F7N4/c1-6(16(21,22)23)26-12-11(10-8(18)4-7(17)5-9(10)19)14(20)27-15-13(12)24-2-3-25-15/h2-6H,1H3,(H,25,26,27)/t6-/m0/s1. The van der Waals surface area contributed by atoms with Crippen molar-refractivity contribution in [1.29, 1.82) is 0 Å². The summed E-state index contributed by atoms with van der Waals surface area (Å²) in [5.41, 5.74) is -3.41. The molecule has 3 aromatic rings. The molecule has 3 rings (SSSR count). The first kappa shape index (κ1) is 18.8. The molecule has 1 N–H and O–H groups in total. The van der Waals surface area contributed by atoms with Crippen LogP contribution in [0.5, 0.6) is 0 Å². The van der Waals surface area contributed by atoms with Crippen LogP contribution in [0.4, 0.5) is 36.4 Å². The lowest BCUT2D eigenvalue weighted by molar-refractivity contribution is -0.138. The predicted octanol–water partition coefficient (Wildman–Crippen LogP) is 4.61. The van der Waals surface area contributed by atoms with Crippen LogP contribution in [0.1, 0.15) is 6.92 Å². The van der Waals surface area contributed by atoms with Crippen LogP contribution in [0, 0.1) is 23.4 Å². The number of alkyl halides is 3. The van der Waals surface area contributed by atoms with Gasteiger partial charge < -0.3 is 5.32 Å². The lowest BCUT2D eigenvalue weighted by Crippen LogP contribution is -2.33. The van der Waals surface area contributed by atoms with E-state index < -0.39 is 52.4 Å². The second-order valence-electron chi connectivity index (χ2n) is 5.53. The molecule has 0 aliphatic carbocycles. The van der Waals surface area contributed by atoms with Gasteiger partial charge in [0.05, 0.1) is 16.8 Å². The largest absolute Gasteiger partial charge is 0.408 e. The highest BCUT2D eigenvalue weighted by Gasteiger charge is 2.37. The van der Waals surface area contributed by atoms with E-state index in [-0.39, 0.29) is 23.3 Å². The Morgan fingerprint density at radius 1 is 0.926 bits per heavy atom. The first-order valence-electron chi connectivity index (χ1n) is 7.38. The summed E-state index contributed by atoms with van der Waals surface area (Å²) in [6.45, 7) is 0.724. The Balaban J connectivity index is 2.36. The van der Waals surface area contributed by atoms with E-state index in [4.69, 9.17) is 0 Å². The number of rotatable bonds is 3. The van der Waals surface area contributed by atoms with Crippen molar-refractivity contribution < 1.29 is 30.7 Å². The third-order valence-electron chi connectivity index (χ3n) is 3.68. The number of hydrogen-bond acceptors (Lipinski definition) is 4. The zero-order valence-electron chi connectivity index (χ0n) is 13.4. The molecule has 0 amide bonds. The van der Waals surface area contributed by atoms with Crippen LogP contribution in [0.15, 0.2) is 24.5 Å². The van der Waals surface area contributed by atoms with E-state index in [2.05, 4.69) is 15.0 Å². The fourth-order valence-corrected chi connectivity index (χ4v) is 2.41. The van der Waals surface area contributed by atoms with Gasteiger partial charge in [-0.2, -0.15) is 22.5 Å². The molecule has 0 saturated carbocycles. The van der Waals surface area contributed by atoms with Gasteiger partial charge in [0.15, 0.2) is 5.65 Å². The molecule has 0 saturated heterocycles. The summed E-state index contributed by atoms with van der Waals surface area (Å²) in [5.74, 6) is -5.80. The first-order valence-corrected chi connectivity index (χ1v) is 7.38. The highest BCUT2D eigenvalue weighted by Crippen LogP contribution is 2.39. The lowest BCUT2D eigenvalue weighted by Gasteiger charge is -2.21. The molecule has 0 aliphatic rings. The van der Waals surface area contributed by atoms with Crippen LogP contribution >= 0.6 is 0 Å². The van der Waals surface area contributed by atoms with Crippen LogP contribution in [-0.4, -0.2) is 27.2 Å². The second-order valence-corrected chi connectivity index (χ2v) is 5.53. The molecular formula is C16H9F7N4. The molecular weight excluding hydrogens is 381 g/mol. The van der Waals surface area contributed by atoms with Gasteiger partial charge in [0.25, 0.3) is 0 Å². The molecule has 0 unspecified atom stereocenters. The van der Waals surface area contributed by atoms with Crippen LogP contribution in [0.3, 0.4) is 0 Å². The lowest BCUT2D eigenvalue weighted by atomic mass is 10.0. The molecule has 1 atom stereocenters.